The van der Waals surface area contributed by atoms with E-state index in [1.54, 1.807) is 5.38 Å². The van der Waals surface area contributed by atoms with Crippen LogP contribution in [-0.2, 0) is 34.3 Å². The molecular weight excluding hydrogens is 388 g/mol. The van der Waals surface area contributed by atoms with Crippen LogP contribution in [-0.4, -0.2) is 54.5 Å². The van der Waals surface area contributed by atoms with Gasteiger partial charge in [0, 0.05) is 32.3 Å². The third-order valence-electron chi connectivity index (χ3n) is 4.81. The van der Waals surface area contributed by atoms with Gasteiger partial charge in [-0.15, -0.1) is 11.3 Å². The quantitative estimate of drug-likeness (QED) is 0.800. The van der Waals surface area contributed by atoms with Gasteiger partial charge in [-0.3, -0.25) is 4.79 Å². The van der Waals surface area contributed by atoms with Crippen LogP contribution in [0.25, 0.3) is 0 Å². The van der Waals surface area contributed by atoms with Gasteiger partial charge in [-0.1, -0.05) is 0 Å². The Labute approximate surface area is 162 Å². The van der Waals surface area contributed by atoms with Crippen LogP contribution in [0.1, 0.15) is 34.0 Å². The van der Waals surface area contributed by atoms with E-state index in [2.05, 4.69) is 14.9 Å². The molecule has 2 aromatic heterocycles. The Kier molecular flexibility index (Phi) is 5.31. The molecule has 0 unspecified atom stereocenters. The SMILES string of the molecule is O=C(NCc1cn2c(n1)CCCC2)c1sccc1S(=O)(=O)N1CCOCC1. The minimum absolute atomic E-state index is 0.0658. The van der Waals surface area contributed by atoms with E-state index in [0.29, 0.717) is 26.3 Å². The van der Waals surface area contributed by atoms with Crippen molar-refractivity contribution in [2.45, 2.75) is 37.2 Å². The van der Waals surface area contributed by atoms with E-state index in [1.165, 1.54) is 10.4 Å². The maximum atomic E-state index is 12.9. The van der Waals surface area contributed by atoms with Crippen LogP contribution in [0.3, 0.4) is 0 Å². The number of aromatic nitrogens is 2. The van der Waals surface area contributed by atoms with E-state index in [9.17, 15) is 13.2 Å². The van der Waals surface area contributed by atoms with E-state index in [4.69, 9.17) is 4.74 Å². The first-order valence-electron chi connectivity index (χ1n) is 9.04. The van der Waals surface area contributed by atoms with Crippen molar-refractivity contribution < 1.29 is 17.9 Å². The van der Waals surface area contributed by atoms with Gasteiger partial charge < -0.3 is 14.6 Å². The molecule has 0 aromatic carbocycles. The van der Waals surface area contributed by atoms with Crippen LogP contribution in [0, 0.1) is 0 Å². The smallest absolute Gasteiger partial charge is 0.263 e. The maximum Gasteiger partial charge on any atom is 0.263 e. The lowest BCUT2D eigenvalue weighted by atomic mass is 10.2. The van der Waals surface area contributed by atoms with E-state index in [-0.39, 0.29) is 22.2 Å². The highest BCUT2D eigenvalue weighted by Gasteiger charge is 2.31. The Morgan fingerprint density at radius 3 is 2.85 bits per heavy atom. The van der Waals surface area contributed by atoms with Crippen molar-refractivity contribution in [3.8, 4) is 0 Å². The van der Waals surface area contributed by atoms with Gasteiger partial charge in [-0.05, 0) is 24.3 Å². The molecule has 146 valence electrons. The third-order valence-corrected chi connectivity index (χ3v) is 7.80. The fraction of sp³-hybridized carbons (Fsp3) is 0.529. The molecule has 2 aliphatic heterocycles. The molecule has 2 aromatic rings. The molecule has 27 heavy (non-hydrogen) atoms. The average molecular weight is 411 g/mol. The lowest BCUT2D eigenvalue weighted by Gasteiger charge is -2.26. The van der Waals surface area contributed by atoms with E-state index >= 15 is 0 Å². The summed E-state index contributed by atoms with van der Waals surface area (Å²) in [5.74, 6) is 0.667. The van der Waals surface area contributed by atoms with E-state index < -0.39 is 10.0 Å². The number of aryl methyl sites for hydroxylation is 2. The van der Waals surface area contributed by atoms with Crippen LogP contribution >= 0.6 is 11.3 Å². The molecular formula is C17H22N4O4S2. The second-order valence-electron chi connectivity index (χ2n) is 6.61. The summed E-state index contributed by atoms with van der Waals surface area (Å²) >= 11 is 1.14. The molecule has 0 saturated carbocycles. The second kappa shape index (κ2) is 7.70. The number of thiophene rings is 1. The van der Waals surface area contributed by atoms with Crippen molar-refractivity contribution in [2.24, 2.45) is 0 Å². The van der Waals surface area contributed by atoms with Gasteiger partial charge in [0.1, 0.15) is 15.6 Å². The minimum atomic E-state index is -3.70. The lowest BCUT2D eigenvalue weighted by molar-refractivity contribution is 0.0730. The number of carbonyl (C=O) groups excluding carboxylic acids is 1. The lowest BCUT2D eigenvalue weighted by Crippen LogP contribution is -2.41. The van der Waals surface area contributed by atoms with Crippen LogP contribution < -0.4 is 5.32 Å². The summed E-state index contributed by atoms with van der Waals surface area (Å²) in [5.41, 5.74) is 0.800. The molecule has 1 N–H and O–H groups in total. The highest BCUT2D eigenvalue weighted by molar-refractivity contribution is 7.89. The number of rotatable bonds is 5. The number of hydrogen-bond donors (Lipinski definition) is 1. The second-order valence-corrected chi connectivity index (χ2v) is 9.43. The highest BCUT2D eigenvalue weighted by Crippen LogP contribution is 2.26. The van der Waals surface area contributed by atoms with Gasteiger partial charge in [0.15, 0.2) is 0 Å². The Hall–Kier alpha value is -1.75. The molecule has 4 rings (SSSR count). The predicted octanol–water partition coefficient (Wildman–Crippen LogP) is 1.23. The number of hydrogen-bond acceptors (Lipinski definition) is 6. The molecule has 0 spiro atoms. The number of imidazole rings is 1. The molecule has 0 aliphatic carbocycles. The number of nitrogens with zero attached hydrogens (tertiary/aromatic N) is 3. The van der Waals surface area contributed by atoms with Gasteiger partial charge in [-0.2, -0.15) is 4.31 Å². The summed E-state index contributed by atoms with van der Waals surface area (Å²) < 4.78 is 34.4. The Bertz CT molecular complexity index is 905. The molecule has 1 saturated heterocycles. The van der Waals surface area contributed by atoms with Crippen molar-refractivity contribution in [1.82, 2.24) is 19.2 Å². The van der Waals surface area contributed by atoms with Crippen molar-refractivity contribution in [3.63, 3.8) is 0 Å². The Morgan fingerprint density at radius 1 is 1.26 bits per heavy atom. The predicted molar refractivity (Wildman–Crippen MR) is 100 cm³/mol. The Balaban J connectivity index is 1.47. The number of amides is 1. The third kappa shape index (κ3) is 3.79. The van der Waals surface area contributed by atoms with Crippen LogP contribution in [0.4, 0.5) is 0 Å². The fourth-order valence-corrected chi connectivity index (χ4v) is 6.13. The van der Waals surface area contributed by atoms with Crippen LogP contribution in [0.5, 0.6) is 0 Å². The van der Waals surface area contributed by atoms with E-state index in [1.807, 2.05) is 6.20 Å². The molecule has 4 heterocycles. The zero-order chi connectivity index (χ0) is 18.9. The summed E-state index contributed by atoms with van der Waals surface area (Å²) in [6, 6.07) is 1.50. The molecule has 2 aliphatic rings. The molecule has 0 bridgehead atoms. The van der Waals surface area contributed by atoms with Gasteiger partial charge in [-0.25, -0.2) is 13.4 Å². The summed E-state index contributed by atoms with van der Waals surface area (Å²) in [6.07, 6.45) is 5.21. The highest BCUT2D eigenvalue weighted by atomic mass is 32.2. The first kappa shape index (κ1) is 18.6. The Morgan fingerprint density at radius 2 is 2.07 bits per heavy atom. The largest absolute Gasteiger partial charge is 0.379 e. The van der Waals surface area contributed by atoms with Crippen LogP contribution in [0.2, 0.25) is 0 Å². The number of fused-ring (bicyclic) bond motifs is 1. The van der Waals surface area contributed by atoms with Crippen LogP contribution in [0.15, 0.2) is 22.5 Å². The van der Waals surface area contributed by atoms with Crippen molar-refractivity contribution in [2.75, 3.05) is 26.3 Å². The zero-order valence-electron chi connectivity index (χ0n) is 14.9. The summed E-state index contributed by atoms with van der Waals surface area (Å²) in [6.45, 7) is 2.60. The first-order valence-corrected chi connectivity index (χ1v) is 11.4. The van der Waals surface area contributed by atoms with Crippen molar-refractivity contribution >= 4 is 27.3 Å². The number of nitrogens with one attached hydrogen (secondary N) is 1. The molecule has 0 atom stereocenters. The fourth-order valence-electron chi connectivity index (χ4n) is 3.40. The molecule has 1 fully saturated rings. The molecule has 8 nitrogen and oxygen atoms in total. The van der Waals surface area contributed by atoms with Gasteiger partial charge >= 0.3 is 0 Å². The van der Waals surface area contributed by atoms with Gasteiger partial charge in [0.25, 0.3) is 5.91 Å². The first-order chi connectivity index (χ1) is 13.1. The summed E-state index contributed by atoms with van der Waals surface area (Å²) in [4.78, 5) is 17.5. The van der Waals surface area contributed by atoms with Crippen molar-refractivity contribution in [3.05, 3.63) is 34.0 Å². The molecule has 0 radical (unpaired) electrons. The topological polar surface area (TPSA) is 93.5 Å². The van der Waals surface area contributed by atoms with Crippen molar-refractivity contribution in [1.29, 1.82) is 0 Å². The maximum absolute atomic E-state index is 12.9. The molecule has 10 heteroatoms. The van der Waals surface area contributed by atoms with Gasteiger partial charge in [0.2, 0.25) is 10.0 Å². The standard InChI is InChI=1S/C17H22N4O4S2/c22-17(18-11-13-12-20-5-2-1-3-15(20)19-13)16-14(4-10-26-16)27(23,24)21-6-8-25-9-7-21/h4,10,12H,1-3,5-9,11H2,(H,18,22). The number of morpholine rings is 1. The number of sulfonamides is 1. The summed E-state index contributed by atoms with van der Waals surface area (Å²) in [5, 5.41) is 4.45. The molecule has 1 amide bonds. The van der Waals surface area contributed by atoms with Gasteiger partial charge in [0.05, 0.1) is 25.5 Å². The normalized spacial score (nSPS) is 18.2. The zero-order valence-corrected chi connectivity index (χ0v) is 16.5. The number of ether oxygens (including phenoxy) is 1. The minimum Gasteiger partial charge on any atom is -0.379 e. The monoisotopic (exact) mass is 410 g/mol. The summed E-state index contributed by atoms with van der Waals surface area (Å²) in [7, 11) is -3.70. The number of carbonyl (C=O) groups is 1. The average Bonchev–Trinajstić information content (AvgIpc) is 3.34. The van der Waals surface area contributed by atoms with E-state index in [0.717, 1.165) is 48.7 Å².